The van der Waals surface area contributed by atoms with E-state index in [1.807, 2.05) is 23.6 Å². The van der Waals surface area contributed by atoms with E-state index in [0.717, 1.165) is 4.88 Å². The monoisotopic (exact) mass is 268 g/mol. The molecule has 90 valence electrons. The van der Waals surface area contributed by atoms with Gasteiger partial charge in [-0.15, -0.1) is 11.3 Å². The molecule has 0 spiro atoms. The van der Waals surface area contributed by atoms with Crippen LogP contribution in [-0.2, 0) is 9.84 Å². The van der Waals surface area contributed by atoms with Gasteiger partial charge < -0.3 is 5.73 Å². The predicted octanol–water partition coefficient (Wildman–Crippen LogP) is 1.51. The number of hydrogen-bond acceptors (Lipinski definition) is 3. The van der Waals surface area contributed by atoms with Crippen LogP contribution < -0.4 is 5.73 Å². The van der Waals surface area contributed by atoms with Crippen molar-refractivity contribution in [1.29, 1.82) is 0 Å². The van der Waals surface area contributed by atoms with Crippen LogP contribution in [0.5, 0.6) is 0 Å². The minimum Gasteiger partial charge on any atom is -0.356 e. The summed E-state index contributed by atoms with van der Waals surface area (Å²) in [5.74, 6) is 0. The summed E-state index contributed by atoms with van der Waals surface area (Å²) in [6.45, 7) is 0.345. The zero-order valence-corrected chi connectivity index (χ0v) is 10.9. The molecule has 0 saturated carbocycles. The Bertz CT molecular complexity index is 562. The van der Waals surface area contributed by atoms with E-state index in [-0.39, 0.29) is 0 Å². The van der Waals surface area contributed by atoms with Crippen LogP contribution in [0.2, 0.25) is 0 Å². The molecule has 0 aliphatic rings. The fourth-order valence-corrected chi connectivity index (χ4v) is 4.55. The summed E-state index contributed by atoms with van der Waals surface area (Å²) < 4.78 is 24.9. The highest BCUT2D eigenvalue weighted by atomic mass is 32.2. The molecule has 1 aromatic heterocycles. The van der Waals surface area contributed by atoms with Gasteiger partial charge in [0, 0.05) is 4.88 Å². The van der Waals surface area contributed by atoms with E-state index in [4.69, 9.17) is 0 Å². The van der Waals surface area contributed by atoms with Gasteiger partial charge in [-0.05, 0) is 23.6 Å². The maximum Gasteiger partial charge on any atom is 0.191 e. The molecular formula is C12H14NO2S2+. The quantitative estimate of drug-likeness (QED) is 0.913. The van der Waals surface area contributed by atoms with Crippen molar-refractivity contribution in [2.24, 2.45) is 0 Å². The van der Waals surface area contributed by atoms with Gasteiger partial charge in [-0.3, -0.25) is 0 Å². The molecule has 1 aromatic carbocycles. The number of benzene rings is 1. The highest BCUT2D eigenvalue weighted by Gasteiger charge is 2.30. The molecule has 0 amide bonds. The Balaban J connectivity index is 2.45. The van der Waals surface area contributed by atoms with Gasteiger partial charge in [0.15, 0.2) is 9.84 Å². The van der Waals surface area contributed by atoms with Crippen molar-refractivity contribution >= 4 is 21.2 Å². The lowest BCUT2D eigenvalue weighted by atomic mass is 10.3. The molecule has 0 fully saturated rings. The molecule has 17 heavy (non-hydrogen) atoms. The molecule has 0 unspecified atom stereocenters. The smallest absolute Gasteiger partial charge is 0.191 e. The van der Waals surface area contributed by atoms with Gasteiger partial charge in [-0.2, -0.15) is 0 Å². The molecule has 0 saturated heterocycles. The molecule has 0 aliphatic heterocycles. The number of rotatable bonds is 4. The van der Waals surface area contributed by atoms with Crippen molar-refractivity contribution in [1.82, 2.24) is 0 Å². The molecule has 0 bridgehead atoms. The van der Waals surface area contributed by atoms with E-state index in [1.165, 1.54) is 11.3 Å². The average molecular weight is 268 g/mol. The summed E-state index contributed by atoms with van der Waals surface area (Å²) in [7, 11) is -3.33. The Morgan fingerprint density at radius 3 is 2.35 bits per heavy atom. The first-order valence-corrected chi connectivity index (χ1v) is 7.70. The minimum absolute atomic E-state index is 0.345. The van der Waals surface area contributed by atoms with Crippen molar-refractivity contribution in [3.8, 4) is 0 Å². The normalized spacial score (nSPS) is 13.5. The summed E-state index contributed by atoms with van der Waals surface area (Å²) in [5, 5.41) is 1.35. The van der Waals surface area contributed by atoms with E-state index in [2.05, 4.69) is 5.73 Å². The van der Waals surface area contributed by atoms with E-state index < -0.39 is 15.1 Å². The number of quaternary nitrogens is 1. The molecule has 2 rings (SSSR count). The lowest BCUT2D eigenvalue weighted by Crippen LogP contribution is -2.54. The van der Waals surface area contributed by atoms with E-state index in [1.54, 1.807) is 24.3 Å². The van der Waals surface area contributed by atoms with E-state index in [9.17, 15) is 8.42 Å². The third-order valence-electron chi connectivity index (χ3n) is 2.57. The largest absolute Gasteiger partial charge is 0.356 e. The SMILES string of the molecule is [NH3+]C[C@@H](c1cccs1)S(=O)(=O)c1ccccc1. The third-order valence-corrected chi connectivity index (χ3v) is 5.87. The fourth-order valence-electron chi connectivity index (χ4n) is 1.70. The summed E-state index contributed by atoms with van der Waals surface area (Å²) in [6.07, 6.45) is 0. The maximum atomic E-state index is 12.4. The van der Waals surface area contributed by atoms with Crippen molar-refractivity contribution in [3.63, 3.8) is 0 Å². The first kappa shape index (κ1) is 12.3. The molecule has 0 aliphatic carbocycles. The second kappa shape index (κ2) is 5.00. The van der Waals surface area contributed by atoms with Crippen molar-refractivity contribution in [2.45, 2.75) is 10.1 Å². The lowest BCUT2D eigenvalue weighted by molar-refractivity contribution is -0.367. The van der Waals surface area contributed by atoms with Gasteiger partial charge in [-0.25, -0.2) is 8.42 Å². The van der Waals surface area contributed by atoms with Crippen LogP contribution in [0.15, 0.2) is 52.7 Å². The van der Waals surface area contributed by atoms with Crippen LogP contribution in [0.25, 0.3) is 0 Å². The highest BCUT2D eigenvalue weighted by Crippen LogP contribution is 2.30. The summed E-state index contributed by atoms with van der Waals surface area (Å²) in [4.78, 5) is 1.21. The van der Waals surface area contributed by atoms with Crippen molar-refractivity contribution in [3.05, 3.63) is 52.7 Å². The number of sulfone groups is 1. The summed E-state index contributed by atoms with van der Waals surface area (Å²) >= 11 is 1.46. The molecule has 3 N–H and O–H groups in total. The fraction of sp³-hybridized carbons (Fsp3) is 0.167. The lowest BCUT2D eigenvalue weighted by Gasteiger charge is -2.12. The van der Waals surface area contributed by atoms with Crippen LogP contribution in [0.1, 0.15) is 10.1 Å². The molecule has 3 nitrogen and oxygen atoms in total. The molecule has 0 radical (unpaired) electrons. The molecule has 1 atom stereocenters. The zero-order valence-electron chi connectivity index (χ0n) is 9.24. The van der Waals surface area contributed by atoms with Gasteiger partial charge in [0.2, 0.25) is 0 Å². The Morgan fingerprint density at radius 2 is 1.82 bits per heavy atom. The Hall–Kier alpha value is -1.17. The van der Waals surface area contributed by atoms with E-state index >= 15 is 0 Å². The summed E-state index contributed by atoms with van der Waals surface area (Å²) in [5.41, 5.74) is 3.76. The second-order valence-corrected chi connectivity index (χ2v) is 6.76. The van der Waals surface area contributed by atoms with Crippen LogP contribution in [0, 0.1) is 0 Å². The number of hydrogen-bond donors (Lipinski definition) is 1. The Labute approximate surface area is 105 Å². The third kappa shape index (κ3) is 2.41. The van der Waals surface area contributed by atoms with Crippen molar-refractivity contribution < 1.29 is 14.2 Å². The molecule has 2 aromatic rings. The Kier molecular flexibility index (Phi) is 3.61. The van der Waals surface area contributed by atoms with Gasteiger partial charge in [-0.1, -0.05) is 24.3 Å². The molecule has 1 heterocycles. The van der Waals surface area contributed by atoms with Crippen LogP contribution in [0.3, 0.4) is 0 Å². The molecular weight excluding hydrogens is 254 g/mol. The first-order valence-electron chi connectivity index (χ1n) is 5.28. The molecule has 5 heteroatoms. The zero-order chi connectivity index (χ0) is 12.3. The van der Waals surface area contributed by atoms with Gasteiger partial charge in [0.05, 0.1) is 11.4 Å². The predicted molar refractivity (Wildman–Crippen MR) is 68.4 cm³/mol. The average Bonchev–Trinajstić information content (AvgIpc) is 2.84. The minimum atomic E-state index is -3.33. The number of thiophene rings is 1. The van der Waals surface area contributed by atoms with Crippen molar-refractivity contribution in [2.75, 3.05) is 6.54 Å². The van der Waals surface area contributed by atoms with E-state index in [0.29, 0.717) is 11.4 Å². The maximum absolute atomic E-state index is 12.4. The standard InChI is InChI=1S/C12H13NO2S2/c13-9-12(11-7-4-8-16-11)17(14,15)10-5-2-1-3-6-10/h1-8,12H,9,13H2/p+1/t12-/m0/s1. The van der Waals surface area contributed by atoms with Crippen LogP contribution in [0.4, 0.5) is 0 Å². The second-order valence-electron chi connectivity index (χ2n) is 3.65. The van der Waals surface area contributed by atoms with Gasteiger partial charge in [0.25, 0.3) is 0 Å². The van der Waals surface area contributed by atoms with Crippen LogP contribution in [-0.4, -0.2) is 15.0 Å². The summed E-state index contributed by atoms with van der Waals surface area (Å²) in [6, 6.07) is 12.3. The van der Waals surface area contributed by atoms with Crippen LogP contribution >= 0.6 is 11.3 Å². The highest BCUT2D eigenvalue weighted by molar-refractivity contribution is 7.91. The first-order chi connectivity index (χ1) is 8.16. The van der Waals surface area contributed by atoms with Gasteiger partial charge in [0.1, 0.15) is 5.25 Å². The Morgan fingerprint density at radius 1 is 1.12 bits per heavy atom. The van der Waals surface area contributed by atoms with Gasteiger partial charge >= 0.3 is 0 Å². The topological polar surface area (TPSA) is 61.8 Å².